The number of benzene rings is 4. The summed E-state index contributed by atoms with van der Waals surface area (Å²) in [5, 5.41) is 5.88. The van der Waals surface area contributed by atoms with E-state index >= 15 is 0 Å². The number of hydrogen-bond donors (Lipinski definition) is 0. The van der Waals surface area contributed by atoms with Gasteiger partial charge in [0, 0.05) is 0 Å². The van der Waals surface area contributed by atoms with E-state index in [1.165, 1.54) is 65.3 Å². The summed E-state index contributed by atoms with van der Waals surface area (Å²) in [5.41, 5.74) is 10.7. The molecule has 0 spiro atoms. The molecule has 0 saturated heterocycles. The van der Waals surface area contributed by atoms with Crippen molar-refractivity contribution in [3.8, 4) is 0 Å². The van der Waals surface area contributed by atoms with E-state index in [1.807, 2.05) is 0 Å². The van der Waals surface area contributed by atoms with Gasteiger partial charge in [-0.3, -0.25) is 0 Å². The van der Waals surface area contributed by atoms with Gasteiger partial charge in [0.15, 0.2) is 0 Å². The van der Waals surface area contributed by atoms with Crippen molar-refractivity contribution in [1.82, 2.24) is 0 Å². The average Bonchev–Trinajstić information content (AvgIpc) is 3.27. The Bertz CT molecular complexity index is 1390. The maximum atomic E-state index is 2.51. The molecule has 5 aromatic carbocycles. The zero-order valence-electron chi connectivity index (χ0n) is 24.7. The minimum absolute atomic E-state index is 0. The fourth-order valence-electron chi connectivity index (χ4n) is 6.24. The van der Waals surface area contributed by atoms with Gasteiger partial charge in [-0.15, -0.1) is 5.19 Å². The van der Waals surface area contributed by atoms with Crippen LogP contribution in [0.2, 0.25) is 0 Å². The van der Waals surface area contributed by atoms with Crippen molar-refractivity contribution in [3.63, 3.8) is 0 Å². The smallest absolute Gasteiger partial charge is 1.00 e. The quantitative estimate of drug-likeness (QED) is 0.106. The predicted octanol–water partition coefficient (Wildman–Crippen LogP) is -2.77. The molecule has 5 heteroatoms. The first-order chi connectivity index (χ1) is 17.7. The molecule has 0 atom stereocenters. The van der Waals surface area contributed by atoms with Gasteiger partial charge in [-0.2, -0.15) is 17.7 Å². The zero-order chi connectivity index (χ0) is 26.2. The molecule has 0 fully saturated rings. The van der Waals surface area contributed by atoms with Crippen LogP contribution in [-0.4, -0.2) is 8.07 Å². The standard InChI is InChI=1S/C36H37Si.3ClH.Ti/c1-25-14-26(2)18-34(17-25)37(35-19-27(3)15-28(4)20-35,36-21-29(5)16-30(6)22-36)33-13-12-32(24-33)23-31-10-8-7-9-11-31;;;;/h7-22,24H,23H2,1-6H3;3*1H;/q-1;;;;+4/p-3. The number of aryl methyl sites for hydroxylation is 6. The number of halogens is 3. The van der Waals surface area contributed by atoms with Crippen LogP contribution in [0.5, 0.6) is 0 Å². The van der Waals surface area contributed by atoms with E-state index in [9.17, 15) is 0 Å². The summed E-state index contributed by atoms with van der Waals surface area (Å²) in [5.74, 6) is 0. The fraction of sp³-hybridized carbons (Fsp3) is 0.194. The van der Waals surface area contributed by atoms with Gasteiger partial charge in [-0.25, -0.2) is 6.07 Å². The average molecular weight is 652 g/mol. The normalized spacial score (nSPS) is 10.5. The van der Waals surface area contributed by atoms with E-state index in [1.54, 1.807) is 0 Å². The van der Waals surface area contributed by atoms with Crippen LogP contribution < -0.4 is 58.0 Å². The third-order valence-electron chi connectivity index (χ3n) is 7.47. The van der Waals surface area contributed by atoms with Crippen molar-refractivity contribution in [1.29, 1.82) is 0 Å². The van der Waals surface area contributed by atoms with Gasteiger partial charge in [-0.05, 0) is 41.5 Å². The topological polar surface area (TPSA) is 0 Å². The monoisotopic (exact) mass is 650 g/mol. The summed E-state index contributed by atoms with van der Waals surface area (Å²) in [6.07, 6.45) is 0.956. The third-order valence-corrected chi connectivity index (χ3v) is 12.1. The minimum Gasteiger partial charge on any atom is -1.00 e. The van der Waals surface area contributed by atoms with E-state index in [-0.39, 0.29) is 58.9 Å². The molecule has 0 saturated carbocycles. The van der Waals surface area contributed by atoms with E-state index in [4.69, 9.17) is 0 Å². The summed E-state index contributed by atoms with van der Waals surface area (Å²) in [7, 11) is -2.58. The van der Waals surface area contributed by atoms with Gasteiger partial charge in [0.25, 0.3) is 0 Å². The molecule has 0 radical (unpaired) electrons. The summed E-state index contributed by atoms with van der Waals surface area (Å²) in [4.78, 5) is 0. The molecule has 0 aliphatic carbocycles. The largest absolute Gasteiger partial charge is 4.00 e. The van der Waals surface area contributed by atoms with Crippen LogP contribution >= 0.6 is 0 Å². The summed E-state index contributed by atoms with van der Waals surface area (Å²) in [6.45, 7) is 13.4. The molecular weight excluding hydrogens is 615 g/mol. The Labute approximate surface area is 281 Å². The van der Waals surface area contributed by atoms with Gasteiger partial charge in [0.2, 0.25) is 0 Å². The molecule has 0 heterocycles. The first kappa shape index (κ1) is 37.1. The SMILES string of the molecule is Cc1cc(C)cc([Si](c2cc(C)cc(C)c2)(c2cc(C)cc(C)c2)[c-]2ccc(Cc3ccccc3)c2)c1.[Cl-].[Cl-].[Cl-].[Ti+4]. The molecule has 0 aromatic heterocycles. The Morgan fingerprint density at radius 1 is 0.488 bits per heavy atom. The maximum absolute atomic E-state index is 2.58. The summed E-state index contributed by atoms with van der Waals surface area (Å²) >= 11 is 0. The van der Waals surface area contributed by atoms with Crippen molar-refractivity contribution < 1.29 is 58.9 Å². The molecule has 0 aliphatic rings. The van der Waals surface area contributed by atoms with Gasteiger partial charge >= 0.3 is 21.7 Å². The van der Waals surface area contributed by atoms with Crippen LogP contribution in [0.3, 0.4) is 0 Å². The zero-order valence-corrected chi connectivity index (χ0v) is 29.5. The van der Waals surface area contributed by atoms with Gasteiger partial charge in [-0.1, -0.05) is 146 Å². The molecule has 0 aliphatic heterocycles. The molecule has 5 aromatic rings. The molecule has 0 unspecified atom stereocenters. The molecule has 210 valence electrons. The Morgan fingerprint density at radius 3 is 1.22 bits per heavy atom. The molecule has 41 heavy (non-hydrogen) atoms. The van der Waals surface area contributed by atoms with Crippen LogP contribution in [0.1, 0.15) is 44.5 Å². The molecular formula is C36H37Cl3SiTi. The molecule has 0 bridgehead atoms. The minimum atomic E-state index is -2.58. The first-order valence-electron chi connectivity index (χ1n) is 13.3. The van der Waals surface area contributed by atoms with Gasteiger partial charge in [0.1, 0.15) is 8.07 Å². The third kappa shape index (κ3) is 7.90. The predicted molar refractivity (Wildman–Crippen MR) is 163 cm³/mol. The van der Waals surface area contributed by atoms with E-state index in [2.05, 4.69) is 145 Å². The summed E-state index contributed by atoms with van der Waals surface area (Å²) < 4.78 is 0. The van der Waals surface area contributed by atoms with Crippen LogP contribution in [-0.2, 0) is 28.1 Å². The van der Waals surface area contributed by atoms with Crippen molar-refractivity contribution in [3.05, 3.63) is 148 Å². The van der Waals surface area contributed by atoms with Crippen LogP contribution in [0.15, 0.2) is 103 Å². The Kier molecular flexibility index (Phi) is 14.0. The van der Waals surface area contributed by atoms with Crippen molar-refractivity contribution >= 4 is 28.8 Å². The molecule has 0 amide bonds. The van der Waals surface area contributed by atoms with Crippen molar-refractivity contribution in [2.24, 2.45) is 0 Å². The Morgan fingerprint density at radius 2 is 0.854 bits per heavy atom. The Hall–Kier alpha value is -1.97. The summed E-state index contributed by atoms with van der Waals surface area (Å²) in [6, 6.07) is 39.8. The van der Waals surface area contributed by atoms with Gasteiger partial charge in [0.05, 0.1) is 0 Å². The second-order valence-electron chi connectivity index (χ2n) is 11.0. The van der Waals surface area contributed by atoms with E-state index in [0.717, 1.165) is 6.42 Å². The van der Waals surface area contributed by atoms with Crippen LogP contribution in [0, 0.1) is 41.5 Å². The Balaban J connectivity index is 0.00000210. The van der Waals surface area contributed by atoms with Crippen LogP contribution in [0.4, 0.5) is 0 Å². The second-order valence-corrected chi connectivity index (χ2v) is 14.9. The second kappa shape index (κ2) is 15.5. The van der Waals surface area contributed by atoms with E-state index < -0.39 is 8.07 Å². The molecule has 5 rings (SSSR count). The first-order valence-corrected chi connectivity index (χ1v) is 15.3. The number of rotatable bonds is 6. The van der Waals surface area contributed by atoms with Crippen molar-refractivity contribution in [2.45, 2.75) is 48.0 Å². The van der Waals surface area contributed by atoms with Crippen LogP contribution in [0.25, 0.3) is 0 Å². The molecule has 0 nitrogen and oxygen atoms in total. The molecule has 0 N–H and O–H groups in total. The maximum Gasteiger partial charge on any atom is 4.00 e. The van der Waals surface area contributed by atoms with Crippen molar-refractivity contribution in [2.75, 3.05) is 0 Å². The number of hydrogen-bond acceptors (Lipinski definition) is 0. The van der Waals surface area contributed by atoms with Gasteiger partial charge < -0.3 is 37.2 Å². The fourth-order valence-corrected chi connectivity index (χ4v) is 11.6. The van der Waals surface area contributed by atoms with E-state index in [0.29, 0.717) is 0 Å².